The van der Waals surface area contributed by atoms with Gasteiger partial charge in [0.15, 0.2) is 0 Å². The molecule has 0 spiro atoms. The van der Waals surface area contributed by atoms with Gasteiger partial charge in [-0.2, -0.15) is 0 Å². The Morgan fingerprint density at radius 3 is 2.52 bits per heavy atom. The minimum atomic E-state index is -0.0485. The molecule has 5 heteroatoms. The van der Waals surface area contributed by atoms with Crippen LogP contribution >= 0.6 is 11.6 Å². The summed E-state index contributed by atoms with van der Waals surface area (Å²) in [6.45, 7) is 7.37. The lowest BCUT2D eigenvalue weighted by atomic mass is 9.77. The smallest absolute Gasteiger partial charge is 0.257 e. The molecule has 1 aromatic rings. The summed E-state index contributed by atoms with van der Waals surface area (Å²) in [7, 11) is 0. The average molecular weight is 311 g/mol. The van der Waals surface area contributed by atoms with Gasteiger partial charge in [0.2, 0.25) is 0 Å². The molecule has 0 radical (unpaired) electrons. The first kappa shape index (κ1) is 16.2. The van der Waals surface area contributed by atoms with E-state index in [4.69, 9.17) is 11.6 Å². The first-order valence-corrected chi connectivity index (χ1v) is 7.84. The van der Waals surface area contributed by atoms with Crippen LogP contribution in [0, 0.1) is 19.3 Å². The number of aliphatic hydroxyl groups excluding tert-OH is 1. The highest BCUT2D eigenvalue weighted by Gasteiger charge is 2.34. The van der Waals surface area contributed by atoms with Gasteiger partial charge in [-0.15, -0.1) is 0 Å². The van der Waals surface area contributed by atoms with Gasteiger partial charge < -0.3 is 10.0 Å². The molecule has 4 nitrogen and oxygen atoms in total. The van der Waals surface area contributed by atoms with Crippen LogP contribution < -0.4 is 0 Å². The van der Waals surface area contributed by atoms with Crippen molar-refractivity contribution in [1.29, 1.82) is 0 Å². The summed E-state index contributed by atoms with van der Waals surface area (Å²) in [5.41, 5.74) is 2.17. The van der Waals surface area contributed by atoms with Crippen molar-refractivity contribution < 1.29 is 9.90 Å². The van der Waals surface area contributed by atoms with E-state index in [0.29, 0.717) is 18.7 Å². The molecule has 1 saturated heterocycles. The monoisotopic (exact) mass is 310 g/mol. The van der Waals surface area contributed by atoms with E-state index >= 15 is 0 Å². The Labute approximate surface area is 131 Å². The van der Waals surface area contributed by atoms with Crippen molar-refractivity contribution in [3.63, 3.8) is 0 Å². The third kappa shape index (κ3) is 3.22. The predicted octanol–water partition coefficient (Wildman–Crippen LogP) is 2.98. The SMILES string of the molecule is CCC1(CO)CCN(C(=O)c2c(C)cc(C)nc2Cl)CC1. The Kier molecular flexibility index (Phi) is 4.89. The number of carbonyl (C=O) groups is 1. The fourth-order valence-electron chi connectivity index (χ4n) is 3.01. The molecular weight excluding hydrogens is 288 g/mol. The molecule has 1 aliphatic rings. The number of halogens is 1. The molecule has 2 heterocycles. The van der Waals surface area contributed by atoms with Gasteiger partial charge in [0, 0.05) is 25.4 Å². The van der Waals surface area contributed by atoms with Crippen LogP contribution in [-0.4, -0.2) is 40.6 Å². The molecule has 1 fully saturated rings. The van der Waals surface area contributed by atoms with E-state index in [1.165, 1.54) is 0 Å². The standard InChI is InChI=1S/C16H23ClN2O2/c1-4-16(10-20)5-7-19(8-6-16)15(21)13-11(2)9-12(3)18-14(13)17/h9,20H,4-8,10H2,1-3H3. The van der Waals surface area contributed by atoms with E-state index in [9.17, 15) is 9.90 Å². The Hall–Kier alpha value is -1.13. The van der Waals surface area contributed by atoms with E-state index in [2.05, 4.69) is 11.9 Å². The van der Waals surface area contributed by atoms with Crippen LogP contribution in [0.4, 0.5) is 0 Å². The third-order valence-electron chi connectivity index (χ3n) is 4.71. The van der Waals surface area contributed by atoms with Crippen LogP contribution in [0.5, 0.6) is 0 Å². The number of hydrogen-bond acceptors (Lipinski definition) is 3. The van der Waals surface area contributed by atoms with Crippen molar-refractivity contribution >= 4 is 17.5 Å². The number of amides is 1. The topological polar surface area (TPSA) is 53.4 Å². The number of rotatable bonds is 3. The largest absolute Gasteiger partial charge is 0.396 e. The van der Waals surface area contributed by atoms with Gasteiger partial charge in [-0.25, -0.2) is 4.98 Å². The lowest BCUT2D eigenvalue weighted by Gasteiger charge is -2.40. The second-order valence-electron chi connectivity index (χ2n) is 6.05. The summed E-state index contributed by atoms with van der Waals surface area (Å²) in [5, 5.41) is 9.85. The molecule has 2 rings (SSSR count). The number of piperidine rings is 1. The minimum Gasteiger partial charge on any atom is -0.396 e. The number of likely N-dealkylation sites (tertiary alicyclic amines) is 1. The predicted molar refractivity (Wildman–Crippen MR) is 83.7 cm³/mol. The Balaban J connectivity index is 2.16. The normalized spacial score (nSPS) is 17.9. The van der Waals surface area contributed by atoms with Crippen molar-refractivity contribution in [3.05, 3.63) is 28.0 Å². The van der Waals surface area contributed by atoms with Crippen LogP contribution in [0.25, 0.3) is 0 Å². The summed E-state index contributed by atoms with van der Waals surface area (Å²) in [4.78, 5) is 18.7. The van der Waals surface area contributed by atoms with Crippen molar-refractivity contribution in [1.82, 2.24) is 9.88 Å². The van der Waals surface area contributed by atoms with Gasteiger partial charge in [0.1, 0.15) is 5.15 Å². The van der Waals surface area contributed by atoms with Gasteiger partial charge in [-0.05, 0) is 50.2 Å². The number of aliphatic hydroxyl groups is 1. The molecule has 0 atom stereocenters. The summed E-state index contributed by atoms with van der Waals surface area (Å²) >= 11 is 6.16. The highest BCUT2D eigenvalue weighted by molar-refractivity contribution is 6.32. The highest BCUT2D eigenvalue weighted by Crippen LogP contribution is 2.35. The van der Waals surface area contributed by atoms with Gasteiger partial charge >= 0.3 is 0 Å². The van der Waals surface area contributed by atoms with Crippen molar-refractivity contribution in [3.8, 4) is 0 Å². The van der Waals surface area contributed by atoms with Gasteiger partial charge in [0.05, 0.1) is 5.56 Å². The third-order valence-corrected chi connectivity index (χ3v) is 4.98. The zero-order valence-corrected chi connectivity index (χ0v) is 13.7. The van der Waals surface area contributed by atoms with Crippen molar-refractivity contribution in [2.45, 2.75) is 40.0 Å². The average Bonchev–Trinajstić information content (AvgIpc) is 2.46. The number of carbonyl (C=O) groups excluding carboxylic acids is 1. The quantitative estimate of drug-likeness (QED) is 0.873. The maximum atomic E-state index is 12.7. The summed E-state index contributed by atoms with van der Waals surface area (Å²) in [5.74, 6) is -0.0485. The van der Waals surface area contributed by atoms with E-state index in [1.54, 1.807) is 0 Å². The van der Waals surface area contributed by atoms with E-state index in [1.807, 2.05) is 24.8 Å². The molecule has 0 bridgehead atoms. The molecule has 116 valence electrons. The van der Waals surface area contributed by atoms with Crippen LogP contribution in [-0.2, 0) is 0 Å². The lowest BCUT2D eigenvalue weighted by Crippen LogP contribution is -2.44. The van der Waals surface area contributed by atoms with Gasteiger partial charge in [0.25, 0.3) is 5.91 Å². The highest BCUT2D eigenvalue weighted by atomic mass is 35.5. The Bertz CT molecular complexity index is 508. The number of hydrogen-bond donors (Lipinski definition) is 1. The molecule has 0 aromatic carbocycles. The molecule has 0 aliphatic carbocycles. The molecule has 21 heavy (non-hydrogen) atoms. The van der Waals surface area contributed by atoms with Crippen LogP contribution in [0.2, 0.25) is 5.15 Å². The van der Waals surface area contributed by atoms with Gasteiger partial charge in [-0.3, -0.25) is 4.79 Å². The molecular formula is C16H23ClN2O2. The molecule has 1 aliphatic heterocycles. The molecule has 1 amide bonds. The van der Waals surface area contributed by atoms with Crippen LogP contribution in [0.15, 0.2) is 6.07 Å². The summed E-state index contributed by atoms with van der Waals surface area (Å²) < 4.78 is 0. The number of aryl methyl sites for hydroxylation is 2. The summed E-state index contributed by atoms with van der Waals surface area (Å²) in [6, 6.07) is 1.88. The fraction of sp³-hybridized carbons (Fsp3) is 0.625. The number of nitrogens with zero attached hydrogens (tertiary/aromatic N) is 2. The first-order valence-electron chi connectivity index (χ1n) is 7.46. The van der Waals surface area contributed by atoms with Crippen molar-refractivity contribution in [2.75, 3.05) is 19.7 Å². The maximum absolute atomic E-state index is 12.7. The van der Waals surface area contributed by atoms with E-state index in [0.717, 1.165) is 30.5 Å². The van der Waals surface area contributed by atoms with Crippen molar-refractivity contribution in [2.24, 2.45) is 5.41 Å². The first-order chi connectivity index (χ1) is 9.92. The fourth-order valence-corrected chi connectivity index (χ4v) is 3.38. The molecule has 0 saturated carbocycles. The van der Waals surface area contributed by atoms with E-state index < -0.39 is 0 Å². The van der Waals surface area contributed by atoms with Crippen LogP contribution in [0.3, 0.4) is 0 Å². The molecule has 0 unspecified atom stereocenters. The lowest BCUT2D eigenvalue weighted by molar-refractivity contribution is 0.0337. The maximum Gasteiger partial charge on any atom is 0.257 e. The Morgan fingerprint density at radius 1 is 1.43 bits per heavy atom. The molecule has 1 N–H and O–H groups in total. The Morgan fingerprint density at radius 2 is 2.05 bits per heavy atom. The second kappa shape index (κ2) is 6.32. The van der Waals surface area contributed by atoms with Crippen LogP contribution in [0.1, 0.15) is 47.8 Å². The van der Waals surface area contributed by atoms with E-state index in [-0.39, 0.29) is 23.1 Å². The minimum absolute atomic E-state index is 0.0266. The number of pyridine rings is 1. The summed E-state index contributed by atoms with van der Waals surface area (Å²) in [6.07, 6.45) is 2.61. The zero-order valence-electron chi connectivity index (χ0n) is 12.9. The van der Waals surface area contributed by atoms with Gasteiger partial charge in [-0.1, -0.05) is 18.5 Å². The zero-order chi connectivity index (χ0) is 15.6. The second-order valence-corrected chi connectivity index (χ2v) is 6.41. The molecule has 1 aromatic heterocycles. The number of aromatic nitrogens is 1.